The molecule has 2 aromatic heterocycles. The molecular formula is C24H28N4O3S. The minimum absolute atomic E-state index is 0.154. The van der Waals surface area contributed by atoms with Crippen molar-refractivity contribution in [3.63, 3.8) is 0 Å². The minimum Gasteiger partial charge on any atom is -0.341 e. The molecule has 0 atom stereocenters. The van der Waals surface area contributed by atoms with Crippen LogP contribution in [0.3, 0.4) is 0 Å². The maximum Gasteiger partial charge on any atom is 0.294 e. The number of aryl methyl sites for hydroxylation is 2. The molecule has 2 aliphatic rings. The van der Waals surface area contributed by atoms with Gasteiger partial charge in [-0.3, -0.25) is 19.3 Å². The van der Waals surface area contributed by atoms with Gasteiger partial charge in [0.25, 0.3) is 11.1 Å². The molecule has 4 rings (SSSR count). The van der Waals surface area contributed by atoms with E-state index in [0.717, 1.165) is 70.7 Å². The number of likely N-dealkylation sites (tertiary alicyclic amines) is 1. The second-order valence-corrected chi connectivity index (χ2v) is 9.41. The molecule has 0 N–H and O–H groups in total. The van der Waals surface area contributed by atoms with Crippen LogP contribution in [0.1, 0.15) is 48.2 Å². The van der Waals surface area contributed by atoms with E-state index in [4.69, 9.17) is 0 Å². The Morgan fingerprint density at radius 1 is 1.09 bits per heavy atom. The molecule has 0 saturated carbocycles. The molecule has 0 radical (unpaired) electrons. The lowest BCUT2D eigenvalue weighted by atomic mass is 10.2. The third-order valence-corrected chi connectivity index (χ3v) is 6.91. The number of amides is 3. The lowest BCUT2D eigenvalue weighted by Gasteiger charge is -2.22. The Balaban J connectivity index is 1.53. The normalized spacial score (nSPS) is 18.5. The average molecular weight is 453 g/mol. The highest BCUT2D eigenvalue weighted by atomic mass is 32.2. The van der Waals surface area contributed by atoms with Gasteiger partial charge in [0.15, 0.2) is 0 Å². The second-order valence-electron chi connectivity index (χ2n) is 8.42. The largest absolute Gasteiger partial charge is 0.341 e. The molecule has 0 spiro atoms. The lowest BCUT2D eigenvalue weighted by molar-refractivity contribution is -0.135. The number of carbonyl (C=O) groups excluding carboxylic acids is 3. The van der Waals surface area contributed by atoms with E-state index in [-0.39, 0.29) is 12.5 Å². The van der Waals surface area contributed by atoms with Crippen molar-refractivity contribution in [2.24, 2.45) is 0 Å². The number of hydrogen-bond donors (Lipinski definition) is 0. The van der Waals surface area contributed by atoms with Gasteiger partial charge in [-0.2, -0.15) is 0 Å². The molecule has 2 aromatic rings. The molecule has 168 valence electrons. The number of aromatic nitrogens is 2. The molecule has 0 bridgehead atoms. The monoisotopic (exact) mass is 452 g/mol. The third-order valence-electron chi connectivity index (χ3n) is 6.01. The Hall–Kier alpha value is -2.87. The predicted molar refractivity (Wildman–Crippen MR) is 126 cm³/mol. The maximum atomic E-state index is 12.9. The average Bonchev–Trinajstić information content (AvgIpc) is 3.05. The van der Waals surface area contributed by atoms with Gasteiger partial charge < -0.3 is 9.47 Å². The van der Waals surface area contributed by atoms with Crippen LogP contribution in [0.2, 0.25) is 0 Å². The van der Waals surface area contributed by atoms with Crippen molar-refractivity contribution in [3.8, 4) is 5.82 Å². The van der Waals surface area contributed by atoms with Gasteiger partial charge in [0.2, 0.25) is 5.91 Å². The molecule has 0 aromatic carbocycles. The van der Waals surface area contributed by atoms with Gasteiger partial charge in [-0.15, -0.1) is 0 Å². The summed E-state index contributed by atoms with van der Waals surface area (Å²) in [7, 11) is 0. The number of hydrogen-bond acceptors (Lipinski definition) is 5. The zero-order valence-electron chi connectivity index (χ0n) is 18.8. The van der Waals surface area contributed by atoms with E-state index < -0.39 is 11.1 Å². The van der Waals surface area contributed by atoms with Gasteiger partial charge in [-0.05, 0) is 74.7 Å². The summed E-state index contributed by atoms with van der Waals surface area (Å²) in [6.07, 6.45) is 7.74. The SMILES string of the molecule is Cc1ccc(-n2c(C)cc(C=C3SC(=O)N(CC(=O)N4CCCCCC4)C3=O)c2C)nc1. The van der Waals surface area contributed by atoms with Crippen LogP contribution in [0, 0.1) is 20.8 Å². The van der Waals surface area contributed by atoms with Crippen molar-refractivity contribution >= 4 is 34.9 Å². The number of pyridine rings is 1. The van der Waals surface area contributed by atoms with Crippen LogP contribution < -0.4 is 0 Å². The van der Waals surface area contributed by atoms with Crippen LogP contribution in [0.25, 0.3) is 11.9 Å². The van der Waals surface area contributed by atoms with E-state index >= 15 is 0 Å². The van der Waals surface area contributed by atoms with E-state index in [2.05, 4.69) is 4.98 Å². The zero-order chi connectivity index (χ0) is 22.8. The van der Waals surface area contributed by atoms with Crippen molar-refractivity contribution in [2.45, 2.75) is 46.5 Å². The van der Waals surface area contributed by atoms with E-state index in [9.17, 15) is 14.4 Å². The summed E-state index contributed by atoms with van der Waals surface area (Å²) in [4.78, 5) is 45.9. The molecule has 4 heterocycles. The first-order valence-electron chi connectivity index (χ1n) is 11.0. The Bertz CT molecular complexity index is 1080. The molecular weight excluding hydrogens is 424 g/mol. The fourth-order valence-electron chi connectivity index (χ4n) is 4.21. The molecule has 32 heavy (non-hydrogen) atoms. The molecule has 3 amide bonds. The first-order chi connectivity index (χ1) is 15.3. The fourth-order valence-corrected chi connectivity index (χ4v) is 5.04. The number of nitrogens with zero attached hydrogens (tertiary/aromatic N) is 4. The number of imide groups is 1. The quantitative estimate of drug-likeness (QED) is 0.649. The first-order valence-corrected chi connectivity index (χ1v) is 11.8. The highest BCUT2D eigenvalue weighted by Gasteiger charge is 2.37. The van der Waals surface area contributed by atoms with Crippen LogP contribution in [-0.4, -0.2) is 56.0 Å². The standard InChI is InChI=1S/C24H28N4O3S/c1-16-8-9-21(25-14-16)28-17(2)12-19(18(28)3)13-20-23(30)27(24(31)32-20)15-22(29)26-10-6-4-5-7-11-26/h8-9,12-14H,4-7,10-11,15H2,1-3H3. The van der Waals surface area contributed by atoms with Crippen LogP contribution in [0.15, 0.2) is 29.3 Å². The minimum atomic E-state index is -0.401. The smallest absolute Gasteiger partial charge is 0.294 e. The second kappa shape index (κ2) is 9.32. The van der Waals surface area contributed by atoms with Crippen molar-refractivity contribution in [1.29, 1.82) is 0 Å². The molecule has 7 nitrogen and oxygen atoms in total. The number of thioether (sulfide) groups is 1. The van der Waals surface area contributed by atoms with Gasteiger partial charge in [-0.25, -0.2) is 4.98 Å². The van der Waals surface area contributed by atoms with Gasteiger partial charge in [-0.1, -0.05) is 18.9 Å². The van der Waals surface area contributed by atoms with Crippen molar-refractivity contribution < 1.29 is 14.4 Å². The van der Waals surface area contributed by atoms with Crippen LogP contribution in [0.5, 0.6) is 0 Å². The summed E-state index contributed by atoms with van der Waals surface area (Å²) < 4.78 is 2.03. The van der Waals surface area contributed by atoms with Gasteiger partial charge in [0.1, 0.15) is 12.4 Å². The molecule has 2 fully saturated rings. The van der Waals surface area contributed by atoms with Crippen molar-refractivity contribution in [3.05, 3.63) is 51.8 Å². The highest BCUT2D eigenvalue weighted by molar-refractivity contribution is 8.18. The van der Waals surface area contributed by atoms with Crippen molar-refractivity contribution in [2.75, 3.05) is 19.6 Å². The van der Waals surface area contributed by atoms with E-state index in [1.54, 1.807) is 11.0 Å². The Kier molecular flexibility index (Phi) is 6.50. The first kappa shape index (κ1) is 22.3. The Morgan fingerprint density at radius 3 is 2.47 bits per heavy atom. The summed E-state index contributed by atoms with van der Waals surface area (Å²) >= 11 is 0.894. The number of rotatable bonds is 4. The molecule has 0 unspecified atom stereocenters. The van der Waals surface area contributed by atoms with E-state index in [1.807, 2.05) is 49.7 Å². The van der Waals surface area contributed by atoms with Gasteiger partial charge in [0.05, 0.1) is 4.91 Å². The summed E-state index contributed by atoms with van der Waals surface area (Å²) in [6.45, 7) is 7.15. The molecule has 8 heteroatoms. The molecule has 2 aliphatic heterocycles. The van der Waals surface area contributed by atoms with Crippen LogP contribution >= 0.6 is 11.8 Å². The number of carbonyl (C=O) groups is 3. The maximum absolute atomic E-state index is 12.9. The highest BCUT2D eigenvalue weighted by Crippen LogP contribution is 2.33. The Morgan fingerprint density at radius 2 is 1.81 bits per heavy atom. The van der Waals surface area contributed by atoms with E-state index in [1.165, 1.54) is 0 Å². The van der Waals surface area contributed by atoms with Crippen LogP contribution in [0.4, 0.5) is 4.79 Å². The van der Waals surface area contributed by atoms with Crippen molar-refractivity contribution in [1.82, 2.24) is 19.4 Å². The topological polar surface area (TPSA) is 75.5 Å². The molecule has 0 aliphatic carbocycles. The zero-order valence-corrected chi connectivity index (χ0v) is 19.6. The summed E-state index contributed by atoms with van der Waals surface area (Å²) in [5.74, 6) is 0.252. The summed E-state index contributed by atoms with van der Waals surface area (Å²) in [6, 6.07) is 5.95. The van der Waals surface area contributed by atoms with E-state index in [0.29, 0.717) is 18.0 Å². The summed E-state index contributed by atoms with van der Waals surface area (Å²) in [5, 5.41) is -0.390. The predicted octanol–water partition coefficient (Wildman–Crippen LogP) is 4.24. The molecule has 2 saturated heterocycles. The van der Waals surface area contributed by atoms with Crippen LogP contribution in [-0.2, 0) is 9.59 Å². The Labute approximate surface area is 192 Å². The lowest BCUT2D eigenvalue weighted by Crippen LogP contribution is -2.42. The third kappa shape index (κ3) is 4.50. The summed E-state index contributed by atoms with van der Waals surface area (Å²) in [5.41, 5.74) is 3.86. The fraction of sp³-hybridized carbons (Fsp3) is 0.417. The van der Waals surface area contributed by atoms with Gasteiger partial charge in [0, 0.05) is 30.7 Å². The van der Waals surface area contributed by atoms with Gasteiger partial charge >= 0.3 is 0 Å².